The molecule has 1 aromatic rings. The van der Waals surface area contributed by atoms with Gasteiger partial charge in [0.1, 0.15) is 0 Å². The molecular formula is C14H16ClF3N2O2S. The van der Waals surface area contributed by atoms with Gasteiger partial charge in [-0.1, -0.05) is 23.7 Å². The summed E-state index contributed by atoms with van der Waals surface area (Å²) in [6.07, 6.45) is -4.71. The Balaban J connectivity index is 2.20. The standard InChI is InChI=1S/C14H16ClF3N2O2S/c15-10-3-1-9(2-4-10)11(14(16,17)18)5-7-23(22)8-6-12(19)13(21)20-23/h1-4,11-12H,5-8,19H2/t11?,12-,23?/m0/s1. The summed E-state index contributed by atoms with van der Waals surface area (Å²) in [5.74, 6) is -2.72. The van der Waals surface area contributed by atoms with Crippen molar-refractivity contribution in [3.8, 4) is 0 Å². The molecule has 128 valence electrons. The van der Waals surface area contributed by atoms with Gasteiger partial charge in [0.15, 0.2) is 0 Å². The van der Waals surface area contributed by atoms with Crippen LogP contribution in [0.4, 0.5) is 13.2 Å². The van der Waals surface area contributed by atoms with Gasteiger partial charge in [-0.3, -0.25) is 4.79 Å². The topological polar surface area (TPSA) is 72.5 Å². The minimum Gasteiger partial charge on any atom is -0.320 e. The number of benzene rings is 1. The SMILES string of the molecule is N[C@H]1CCS(=O)(CCC(c2ccc(Cl)cc2)C(F)(F)F)=NC1=O. The number of nitrogens with zero attached hydrogens (tertiary/aromatic N) is 1. The third kappa shape index (κ3) is 4.68. The summed E-state index contributed by atoms with van der Waals surface area (Å²) in [4.78, 5) is 11.5. The van der Waals surface area contributed by atoms with Gasteiger partial charge in [-0.15, -0.1) is 0 Å². The van der Waals surface area contributed by atoms with Crippen molar-refractivity contribution in [1.82, 2.24) is 0 Å². The average molecular weight is 369 g/mol. The maximum absolute atomic E-state index is 13.3. The van der Waals surface area contributed by atoms with E-state index in [0.29, 0.717) is 5.02 Å². The predicted octanol–water partition coefficient (Wildman–Crippen LogP) is 3.10. The van der Waals surface area contributed by atoms with Gasteiger partial charge in [-0.05, 0) is 30.5 Å². The highest BCUT2D eigenvalue weighted by Gasteiger charge is 2.41. The molecule has 0 aliphatic carbocycles. The molecule has 2 N–H and O–H groups in total. The molecule has 1 heterocycles. The zero-order valence-electron chi connectivity index (χ0n) is 12.1. The van der Waals surface area contributed by atoms with E-state index in [1.807, 2.05) is 0 Å². The van der Waals surface area contributed by atoms with E-state index in [2.05, 4.69) is 4.36 Å². The fourth-order valence-corrected chi connectivity index (χ4v) is 4.58. The van der Waals surface area contributed by atoms with Crippen molar-refractivity contribution < 1.29 is 22.2 Å². The fraction of sp³-hybridized carbons (Fsp3) is 0.500. The van der Waals surface area contributed by atoms with E-state index in [1.54, 1.807) is 0 Å². The number of amides is 1. The van der Waals surface area contributed by atoms with Crippen LogP contribution in [0, 0.1) is 0 Å². The Labute approximate surface area is 137 Å². The predicted molar refractivity (Wildman–Crippen MR) is 82.8 cm³/mol. The average Bonchev–Trinajstić information content (AvgIpc) is 2.44. The summed E-state index contributed by atoms with van der Waals surface area (Å²) in [5.41, 5.74) is 5.51. The van der Waals surface area contributed by atoms with Crippen LogP contribution >= 0.6 is 11.6 Å². The van der Waals surface area contributed by atoms with Gasteiger partial charge in [0, 0.05) is 16.5 Å². The zero-order valence-corrected chi connectivity index (χ0v) is 13.6. The number of halogens is 4. The van der Waals surface area contributed by atoms with Crippen molar-refractivity contribution in [3.05, 3.63) is 34.9 Å². The maximum Gasteiger partial charge on any atom is 0.395 e. The Morgan fingerprint density at radius 2 is 1.96 bits per heavy atom. The lowest BCUT2D eigenvalue weighted by Crippen LogP contribution is -2.37. The van der Waals surface area contributed by atoms with Crippen molar-refractivity contribution in [1.29, 1.82) is 0 Å². The van der Waals surface area contributed by atoms with Gasteiger partial charge in [0.05, 0.1) is 21.7 Å². The van der Waals surface area contributed by atoms with Crippen LogP contribution in [0.25, 0.3) is 0 Å². The second kappa shape index (κ2) is 6.78. The number of rotatable bonds is 4. The zero-order chi connectivity index (χ0) is 17.3. The number of carbonyl (C=O) groups is 1. The highest BCUT2D eigenvalue weighted by molar-refractivity contribution is 7.93. The molecular weight excluding hydrogens is 353 g/mol. The largest absolute Gasteiger partial charge is 0.395 e. The summed E-state index contributed by atoms with van der Waals surface area (Å²) in [7, 11) is -2.97. The number of carbonyl (C=O) groups excluding carboxylic acids is 1. The van der Waals surface area contributed by atoms with Crippen LogP contribution in [0.2, 0.25) is 5.02 Å². The molecule has 0 aromatic heterocycles. The van der Waals surface area contributed by atoms with Crippen molar-refractivity contribution in [2.24, 2.45) is 10.1 Å². The lowest BCUT2D eigenvalue weighted by atomic mass is 9.96. The highest BCUT2D eigenvalue weighted by Crippen LogP contribution is 2.38. The van der Waals surface area contributed by atoms with Crippen molar-refractivity contribution in [2.75, 3.05) is 11.5 Å². The van der Waals surface area contributed by atoms with Gasteiger partial charge in [0.2, 0.25) is 0 Å². The molecule has 1 aliphatic rings. The summed E-state index contributed by atoms with van der Waals surface area (Å²) in [6, 6.07) is 4.55. The summed E-state index contributed by atoms with van der Waals surface area (Å²) >= 11 is 5.69. The first-order valence-corrected chi connectivity index (χ1v) is 9.18. The first kappa shape index (κ1) is 18.2. The number of alkyl halides is 3. The van der Waals surface area contributed by atoms with Gasteiger partial charge < -0.3 is 5.73 Å². The molecule has 0 bridgehead atoms. The number of nitrogens with two attached hydrogens (primary N) is 1. The van der Waals surface area contributed by atoms with E-state index in [9.17, 15) is 22.2 Å². The minimum atomic E-state index is -4.49. The van der Waals surface area contributed by atoms with Gasteiger partial charge >= 0.3 is 6.18 Å². The molecule has 2 unspecified atom stereocenters. The van der Waals surface area contributed by atoms with Crippen molar-refractivity contribution in [3.63, 3.8) is 0 Å². The quantitative estimate of drug-likeness (QED) is 0.887. The molecule has 1 aliphatic heterocycles. The van der Waals surface area contributed by atoms with Gasteiger partial charge in [-0.25, -0.2) is 4.21 Å². The van der Waals surface area contributed by atoms with Crippen LogP contribution in [0.1, 0.15) is 24.3 Å². The Morgan fingerprint density at radius 3 is 2.48 bits per heavy atom. The lowest BCUT2D eigenvalue weighted by molar-refractivity contribution is -0.150. The molecule has 0 saturated carbocycles. The van der Waals surface area contributed by atoms with Crippen molar-refractivity contribution >= 4 is 27.2 Å². The van der Waals surface area contributed by atoms with E-state index in [-0.39, 0.29) is 23.5 Å². The Hall–Kier alpha value is -1.12. The van der Waals surface area contributed by atoms with Crippen LogP contribution in [-0.4, -0.2) is 33.8 Å². The van der Waals surface area contributed by atoms with Gasteiger partial charge in [-0.2, -0.15) is 17.5 Å². The number of hydrogen-bond donors (Lipinski definition) is 1. The molecule has 23 heavy (non-hydrogen) atoms. The van der Waals surface area contributed by atoms with Gasteiger partial charge in [0.25, 0.3) is 5.91 Å². The number of hydrogen-bond acceptors (Lipinski definition) is 3. The first-order valence-electron chi connectivity index (χ1n) is 6.95. The maximum atomic E-state index is 13.3. The monoisotopic (exact) mass is 368 g/mol. The van der Waals surface area contributed by atoms with E-state index in [0.717, 1.165) is 0 Å². The molecule has 3 atom stereocenters. The van der Waals surface area contributed by atoms with E-state index < -0.39 is 40.2 Å². The third-order valence-corrected chi connectivity index (χ3v) is 6.23. The second-order valence-electron chi connectivity index (χ2n) is 5.44. The second-order valence-corrected chi connectivity index (χ2v) is 8.42. The van der Waals surface area contributed by atoms with E-state index in [4.69, 9.17) is 17.3 Å². The molecule has 0 spiro atoms. The smallest absolute Gasteiger partial charge is 0.320 e. The molecule has 1 amide bonds. The van der Waals surface area contributed by atoms with Crippen LogP contribution < -0.4 is 5.73 Å². The van der Waals surface area contributed by atoms with Crippen LogP contribution in [0.15, 0.2) is 28.6 Å². The molecule has 4 nitrogen and oxygen atoms in total. The molecule has 0 saturated heterocycles. The van der Waals surface area contributed by atoms with E-state index >= 15 is 0 Å². The molecule has 0 radical (unpaired) electrons. The normalized spacial score (nSPS) is 26.7. The summed E-state index contributed by atoms with van der Waals surface area (Å²) in [5, 5.41) is 0.336. The Bertz CT molecular complexity index is 697. The summed E-state index contributed by atoms with van der Waals surface area (Å²) < 4.78 is 55.8. The fourth-order valence-electron chi connectivity index (χ4n) is 2.38. The summed E-state index contributed by atoms with van der Waals surface area (Å²) in [6.45, 7) is 0. The molecule has 0 fully saturated rings. The van der Waals surface area contributed by atoms with Crippen LogP contribution in [0.5, 0.6) is 0 Å². The lowest BCUT2D eigenvalue weighted by Gasteiger charge is -2.23. The third-order valence-electron chi connectivity index (χ3n) is 3.71. The van der Waals surface area contributed by atoms with Crippen LogP contribution in [-0.2, 0) is 14.5 Å². The van der Waals surface area contributed by atoms with Crippen LogP contribution in [0.3, 0.4) is 0 Å². The molecule has 1 aromatic carbocycles. The highest BCUT2D eigenvalue weighted by atomic mass is 35.5. The molecule has 9 heteroatoms. The minimum absolute atomic E-state index is 0.0451. The first-order chi connectivity index (χ1) is 10.6. The molecule has 2 rings (SSSR count). The Morgan fingerprint density at radius 1 is 1.35 bits per heavy atom. The van der Waals surface area contributed by atoms with Crippen molar-refractivity contribution in [2.45, 2.75) is 31.0 Å². The van der Waals surface area contributed by atoms with E-state index in [1.165, 1.54) is 24.3 Å². The Kier molecular flexibility index (Phi) is 5.37.